The average Bonchev–Trinajstić information content (AvgIpc) is 3.63. The number of thiophene rings is 1. The second-order valence-electron chi connectivity index (χ2n) is 9.97. The molecule has 17 heteroatoms. The number of hydrogen-bond acceptors (Lipinski definition) is 12. The summed E-state index contributed by atoms with van der Waals surface area (Å²) in [5.41, 5.74) is 1.69. The zero-order valence-electron chi connectivity index (χ0n) is 24.4. The summed E-state index contributed by atoms with van der Waals surface area (Å²) in [6, 6.07) is 10.7. The van der Waals surface area contributed by atoms with Crippen LogP contribution in [0.25, 0.3) is 5.69 Å². The molecule has 0 unspecified atom stereocenters. The van der Waals surface area contributed by atoms with E-state index in [4.69, 9.17) is 4.74 Å². The van der Waals surface area contributed by atoms with E-state index in [1.807, 2.05) is 0 Å². The third-order valence-electron chi connectivity index (χ3n) is 7.00. The van der Waals surface area contributed by atoms with Gasteiger partial charge in [0.2, 0.25) is 5.91 Å². The standard InChI is InChI=1S/C29H27N7O8S2/c1-2-44-28(39)25-21-5-3-4-6-22(21)46-27(25)31-24(37)16-45-29-33-32-23(34(29)18-11-13-20(14-12-18)36(42)43)15-30-26(38)17-7-9-19(10-8-17)35(40)41/h7-14H,2-6,15-16H2,1H3,(H,30,38)(H,31,37). The summed E-state index contributed by atoms with van der Waals surface area (Å²) >= 11 is 2.43. The minimum Gasteiger partial charge on any atom is -0.462 e. The highest BCUT2D eigenvalue weighted by Gasteiger charge is 2.27. The van der Waals surface area contributed by atoms with E-state index in [0.717, 1.165) is 47.9 Å². The van der Waals surface area contributed by atoms with Crippen molar-refractivity contribution in [2.45, 2.75) is 44.3 Å². The summed E-state index contributed by atoms with van der Waals surface area (Å²) < 4.78 is 6.83. The normalized spacial score (nSPS) is 12.2. The third kappa shape index (κ3) is 7.21. The SMILES string of the molecule is CCOC(=O)c1c(NC(=O)CSc2nnc(CNC(=O)c3ccc([N+](=O)[O-])cc3)n2-c2ccc([N+](=O)[O-])cc2)sc2c1CCCC2. The van der Waals surface area contributed by atoms with Crippen LogP contribution >= 0.6 is 23.1 Å². The number of carbonyl (C=O) groups is 3. The van der Waals surface area contributed by atoms with Gasteiger partial charge in [0.15, 0.2) is 11.0 Å². The lowest BCUT2D eigenvalue weighted by molar-refractivity contribution is -0.385. The molecule has 0 saturated carbocycles. The van der Waals surface area contributed by atoms with Gasteiger partial charge in [0.25, 0.3) is 17.3 Å². The monoisotopic (exact) mass is 665 g/mol. The van der Waals surface area contributed by atoms with Gasteiger partial charge in [0, 0.05) is 40.4 Å². The fraction of sp³-hybridized carbons (Fsp3) is 0.276. The predicted molar refractivity (Wildman–Crippen MR) is 169 cm³/mol. The number of aryl methyl sites for hydroxylation is 1. The lowest BCUT2D eigenvalue weighted by Gasteiger charge is -2.12. The second-order valence-corrected chi connectivity index (χ2v) is 12.0. The number of amides is 2. The number of fused-ring (bicyclic) bond motifs is 1. The van der Waals surface area contributed by atoms with E-state index < -0.39 is 21.7 Å². The van der Waals surface area contributed by atoms with Crippen molar-refractivity contribution in [2.24, 2.45) is 0 Å². The van der Waals surface area contributed by atoms with Gasteiger partial charge in [-0.3, -0.25) is 34.4 Å². The molecule has 2 amide bonds. The Kier molecular flexibility index (Phi) is 10.0. The molecule has 238 valence electrons. The fourth-order valence-electron chi connectivity index (χ4n) is 4.85. The zero-order valence-corrected chi connectivity index (χ0v) is 26.0. The number of benzene rings is 2. The topological polar surface area (TPSA) is 201 Å². The maximum Gasteiger partial charge on any atom is 0.341 e. The van der Waals surface area contributed by atoms with E-state index in [1.165, 1.54) is 59.9 Å². The number of non-ortho nitro benzene ring substituents is 2. The van der Waals surface area contributed by atoms with Crippen molar-refractivity contribution >= 4 is 57.3 Å². The Balaban J connectivity index is 1.34. The number of esters is 1. The highest BCUT2D eigenvalue weighted by molar-refractivity contribution is 7.99. The van der Waals surface area contributed by atoms with E-state index >= 15 is 0 Å². The second kappa shape index (κ2) is 14.3. The van der Waals surface area contributed by atoms with Gasteiger partial charge in [0.05, 0.1) is 34.3 Å². The van der Waals surface area contributed by atoms with Crippen LogP contribution in [0.4, 0.5) is 16.4 Å². The Morgan fingerprint density at radius 3 is 2.28 bits per heavy atom. The quantitative estimate of drug-likeness (QED) is 0.0905. The first kappa shape index (κ1) is 32.2. The molecule has 15 nitrogen and oxygen atoms in total. The molecule has 1 aliphatic rings. The number of nitrogens with zero attached hydrogens (tertiary/aromatic N) is 5. The summed E-state index contributed by atoms with van der Waals surface area (Å²) in [6.07, 6.45) is 3.54. The van der Waals surface area contributed by atoms with Crippen molar-refractivity contribution in [1.82, 2.24) is 20.1 Å². The van der Waals surface area contributed by atoms with E-state index in [0.29, 0.717) is 16.3 Å². The molecule has 0 radical (unpaired) electrons. The van der Waals surface area contributed by atoms with E-state index in [1.54, 1.807) is 11.5 Å². The largest absolute Gasteiger partial charge is 0.462 e. The summed E-state index contributed by atoms with van der Waals surface area (Å²) in [5, 5.41) is 36.8. The number of thioether (sulfide) groups is 1. The maximum absolute atomic E-state index is 13.1. The van der Waals surface area contributed by atoms with Crippen molar-refractivity contribution in [3.63, 3.8) is 0 Å². The molecule has 0 saturated heterocycles. The Labute approximate surface area is 269 Å². The molecule has 2 aromatic heterocycles. The molecule has 0 aliphatic heterocycles. The first-order chi connectivity index (χ1) is 22.2. The molecule has 2 aromatic carbocycles. The van der Waals surface area contributed by atoms with Crippen molar-refractivity contribution < 1.29 is 29.0 Å². The van der Waals surface area contributed by atoms with Crippen LogP contribution in [0.1, 0.15) is 56.7 Å². The molecule has 0 atom stereocenters. The summed E-state index contributed by atoms with van der Waals surface area (Å²) in [6.45, 7) is 1.82. The van der Waals surface area contributed by atoms with Gasteiger partial charge in [-0.1, -0.05) is 11.8 Å². The lowest BCUT2D eigenvalue weighted by atomic mass is 9.95. The highest BCUT2D eigenvalue weighted by Crippen LogP contribution is 2.39. The summed E-state index contributed by atoms with van der Waals surface area (Å²) in [4.78, 5) is 60.8. The molecule has 0 bridgehead atoms. The molecule has 0 fully saturated rings. The van der Waals surface area contributed by atoms with Gasteiger partial charge in [-0.25, -0.2) is 4.79 Å². The fourth-order valence-corrected chi connectivity index (χ4v) is 6.92. The number of hydrogen-bond donors (Lipinski definition) is 2. The molecular weight excluding hydrogens is 638 g/mol. The van der Waals surface area contributed by atoms with Crippen molar-refractivity contribution in [3.05, 3.63) is 96.2 Å². The molecule has 5 rings (SSSR count). The van der Waals surface area contributed by atoms with E-state index in [9.17, 15) is 34.6 Å². The Bertz CT molecular complexity index is 1800. The van der Waals surface area contributed by atoms with Gasteiger partial charge in [-0.15, -0.1) is 21.5 Å². The van der Waals surface area contributed by atoms with Crippen LogP contribution in [0, 0.1) is 20.2 Å². The number of ether oxygens (including phenoxy) is 1. The Hall–Kier alpha value is -5.16. The number of aromatic nitrogens is 3. The van der Waals surface area contributed by atoms with Gasteiger partial charge >= 0.3 is 5.97 Å². The molecule has 4 aromatic rings. The van der Waals surface area contributed by atoms with Gasteiger partial charge in [0.1, 0.15) is 5.00 Å². The van der Waals surface area contributed by atoms with Gasteiger partial charge < -0.3 is 15.4 Å². The minimum atomic E-state index is -0.569. The Morgan fingerprint density at radius 1 is 0.978 bits per heavy atom. The molecule has 46 heavy (non-hydrogen) atoms. The lowest BCUT2D eigenvalue weighted by Crippen LogP contribution is -2.24. The predicted octanol–water partition coefficient (Wildman–Crippen LogP) is 4.86. The first-order valence-electron chi connectivity index (χ1n) is 14.1. The smallest absolute Gasteiger partial charge is 0.341 e. The molecular formula is C29H27N7O8S2. The number of carbonyl (C=O) groups excluding carboxylic acids is 3. The van der Waals surface area contributed by atoms with Crippen LogP contribution < -0.4 is 10.6 Å². The number of rotatable bonds is 12. The van der Waals surface area contributed by atoms with Crippen molar-refractivity contribution in [1.29, 1.82) is 0 Å². The van der Waals surface area contributed by atoms with Crippen LogP contribution in [-0.2, 0) is 28.9 Å². The number of nitrogens with one attached hydrogen (secondary N) is 2. The molecule has 1 aliphatic carbocycles. The Morgan fingerprint density at radius 2 is 1.63 bits per heavy atom. The van der Waals surface area contributed by atoms with Gasteiger partial charge in [-0.05, 0) is 62.4 Å². The van der Waals surface area contributed by atoms with Crippen molar-refractivity contribution in [2.75, 3.05) is 17.7 Å². The number of nitro benzene ring substituents is 2. The molecule has 0 spiro atoms. The first-order valence-corrected chi connectivity index (χ1v) is 15.9. The van der Waals surface area contributed by atoms with E-state index in [2.05, 4.69) is 20.8 Å². The van der Waals surface area contributed by atoms with Crippen LogP contribution in [0.15, 0.2) is 53.7 Å². The highest BCUT2D eigenvalue weighted by atomic mass is 32.2. The minimum absolute atomic E-state index is 0.106. The van der Waals surface area contributed by atoms with Crippen molar-refractivity contribution in [3.8, 4) is 5.69 Å². The van der Waals surface area contributed by atoms with Crippen LogP contribution in [0.2, 0.25) is 0 Å². The molecule has 2 heterocycles. The third-order valence-corrected chi connectivity index (χ3v) is 9.14. The van der Waals surface area contributed by atoms with Crippen LogP contribution in [-0.4, -0.2) is 54.8 Å². The maximum atomic E-state index is 13.1. The molecule has 2 N–H and O–H groups in total. The van der Waals surface area contributed by atoms with Crippen LogP contribution in [0.5, 0.6) is 0 Å². The number of nitro groups is 2. The van der Waals surface area contributed by atoms with E-state index in [-0.39, 0.29) is 52.7 Å². The van der Waals surface area contributed by atoms with Gasteiger partial charge in [-0.2, -0.15) is 0 Å². The van der Waals surface area contributed by atoms with Crippen LogP contribution in [0.3, 0.4) is 0 Å². The summed E-state index contributed by atoms with van der Waals surface area (Å²) in [5.74, 6) is -1.21. The number of anilines is 1. The summed E-state index contributed by atoms with van der Waals surface area (Å²) in [7, 11) is 0. The average molecular weight is 666 g/mol. The zero-order chi connectivity index (χ0) is 32.8.